The first kappa shape index (κ1) is 33.6. The SMILES string of the molecule is C=CCOC(=O)C1=C(S[C@H]2C[C@@H](C(=O)NCCNS(=O)(=O)N(C)C)N(C(=O)OCC=C)C2)[C@H](C)C2C([C@@H](C)O)C(=O)N12. The van der Waals surface area contributed by atoms with E-state index in [2.05, 4.69) is 23.2 Å². The minimum atomic E-state index is -3.67. The number of carbonyl (C=O) groups excluding carboxylic acids is 4. The molecular weight excluding hydrogens is 590 g/mol. The number of nitrogens with one attached hydrogen (secondary N) is 2. The highest BCUT2D eigenvalue weighted by Gasteiger charge is 2.60. The van der Waals surface area contributed by atoms with Gasteiger partial charge in [0.2, 0.25) is 11.8 Å². The normalized spacial score (nSPS) is 26.0. The van der Waals surface area contributed by atoms with Crippen LogP contribution in [0.1, 0.15) is 20.3 Å². The molecule has 6 atom stereocenters. The molecule has 0 saturated carbocycles. The molecule has 0 spiro atoms. The molecule has 3 amide bonds. The van der Waals surface area contributed by atoms with E-state index in [9.17, 15) is 32.7 Å². The number of aliphatic hydroxyl groups is 1. The van der Waals surface area contributed by atoms with Crippen LogP contribution in [0.25, 0.3) is 0 Å². The van der Waals surface area contributed by atoms with Crippen molar-refractivity contribution < 1.29 is 42.2 Å². The second-order valence-electron chi connectivity index (χ2n) is 10.3. The van der Waals surface area contributed by atoms with Crippen molar-refractivity contribution in [1.82, 2.24) is 24.1 Å². The number of esters is 1. The van der Waals surface area contributed by atoms with E-state index in [1.54, 1.807) is 0 Å². The Kier molecular flexibility index (Phi) is 11.2. The lowest BCUT2D eigenvalue weighted by molar-refractivity contribution is -0.164. The third-order valence-electron chi connectivity index (χ3n) is 7.24. The lowest BCUT2D eigenvalue weighted by atomic mass is 9.79. The van der Waals surface area contributed by atoms with Crippen LogP contribution in [0.2, 0.25) is 0 Å². The summed E-state index contributed by atoms with van der Waals surface area (Å²) in [6, 6.07) is -1.35. The molecule has 2 fully saturated rings. The maximum Gasteiger partial charge on any atom is 0.410 e. The number of nitrogens with zero attached hydrogens (tertiary/aromatic N) is 3. The number of rotatable bonds is 14. The van der Waals surface area contributed by atoms with Crippen molar-refractivity contribution in [2.24, 2.45) is 11.8 Å². The molecule has 0 aromatic rings. The summed E-state index contributed by atoms with van der Waals surface area (Å²) in [5.41, 5.74) is 0.100. The van der Waals surface area contributed by atoms with Gasteiger partial charge in [0.05, 0.1) is 18.1 Å². The van der Waals surface area contributed by atoms with E-state index in [0.717, 1.165) is 4.31 Å². The van der Waals surface area contributed by atoms with Crippen molar-refractivity contribution in [1.29, 1.82) is 0 Å². The average Bonchev–Trinajstić information content (AvgIpc) is 3.45. The zero-order valence-corrected chi connectivity index (χ0v) is 25.8. The van der Waals surface area contributed by atoms with E-state index >= 15 is 0 Å². The Morgan fingerprint density at radius 1 is 1.19 bits per heavy atom. The number of likely N-dealkylation sites (tertiary alicyclic amines) is 1. The average molecular weight is 630 g/mol. The fraction of sp³-hybridized carbons (Fsp3) is 0.615. The van der Waals surface area contributed by atoms with Gasteiger partial charge in [-0.05, 0) is 13.3 Å². The zero-order valence-electron chi connectivity index (χ0n) is 24.1. The molecule has 42 heavy (non-hydrogen) atoms. The second kappa shape index (κ2) is 14.0. The van der Waals surface area contributed by atoms with Gasteiger partial charge in [0, 0.05) is 49.8 Å². The molecule has 0 bridgehead atoms. The molecule has 234 valence electrons. The Balaban J connectivity index is 1.80. The number of hydrogen-bond donors (Lipinski definition) is 3. The van der Waals surface area contributed by atoms with Crippen molar-refractivity contribution in [3.05, 3.63) is 35.9 Å². The molecule has 3 N–H and O–H groups in total. The maximum absolute atomic E-state index is 13.2. The minimum Gasteiger partial charge on any atom is -0.457 e. The van der Waals surface area contributed by atoms with Gasteiger partial charge in [0.15, 0.2) is 0 Å². The van der Waals surface area contributed by atoms with Crippen molar-refractivity contribution in [3.8, 4) is 0 Å². The molecule has 0 aromatic heterocycles. The molecular formula is C26H39N5O9S2. The predicted octanol–water partition coefficient (Wildman–Crippen LogP) is -0.204. The van der Waals surface area contributed by atoms with Gasteiger partial charge >= 0.3 is 12.1 Å². The second-order valence-corrected chi connectivity index (χ2v) is 13.6. The van der Waals surface area contributed by atoms with Crippen LogP contribution in [0.3, 0.4) is 0 Å². The van der Waals surface area contributed by atoms with Gasteiger partial charge in [-0.1, -0.05) is 32.2 Å². The van der Waals surface area contributed by atoms with Crippen LogP contribution < -0.4 is 10.0 Å². The molecule has 0 aromatic carbocycles. The lowest BCUT2D eigenvalue weighted by Gasteiger charge is -2.46. The van der Waals surface area contributed by atoms with E-state index in [1.807, 2.05) is 6.92 Å². The highest BCUT2D eigenvalue weighted by atomic mass is 32.2. The Morgan fingerprint density at radius 3 is 2.43 bits per heavy atom. The van der Waals surface area contributed by atoms with Gasteiger partial charge < -0.3 is 24.8 Å². The van der Waals surface area contributed by atoms with Crippen LogP contribution in [0.5, 0.6) is 0 Å². The number of thioether (sulfide) groups is 1. The first-order valence-corrected chi connectivity index (χ1v) is 15.8. The van der Waals surface area contributed by atoms with Crippen LogP contribution in [-0.4, -0.2) is 122 Å². The highest BCUT2D eigenvalue weighted by molar-refractivity contribution is 8.03. The number of β-lactam (4-membered cyclic amide) rings is 1. The number of fused-ring (bicyclic) bond motifs is 1. The summed E-state index contributed by atoms with van der Waals surface area (Å²) in [6.07, 6.45) is 1.38. The van der Waals surface area contributed by atoms with E-state index in [-0.39, 0.29) is 62.0 Å². The molecule has 0 aliphatic carbocycles. The number of ether oxygens (including phenoxy) is 2. The van der Waals surface area contributed by atoms with E-state index < -0.39 is 52.3 Å². The topological polar surface area (TPSA) is 175 Å². The largest absolute Gasteiger partial charge is 0.457 e. The third kappa shape index (κ3) is 6.99. The lowest BCUT2D eigenvalue weighted by Crippen LogP contribution is -2.63. The van der Waals surface area contributed by atoms with Crippen LogP contribution >= 0.6 is 11.8 Å². The van der Waals surface area contributed by atoms with Gasteiger partial charge in [-0.25, -0.2) is 14.3 Å². The summed E-state index contributed by atoms with van der Waals surface area (Å²) in [4.78, 5) is 55.2. The van der Waals surface area contributed by atoms with Crippen molar-refractivity contribution in [2.45, 2.75) is 43.7 Å². The smallest absolute Gasteiger partial charge is 0.410 e. The predicted molar refractivity (Wildman–Crippen MR) is 155 cm³/mol. The first-order valence-electron chi connectivity index (χ1n) is 13.5. The molecule has 0 radical (unpaired) electrons. The summed E-state index contributed by atoms with van der Waals surface area (Å²) in [6.45, 7) is 10.4. The van der Waals surface area contributed by atoms with Gasteiger partial charge in [-0.3, -0.25) is 14.5 Å². The zero-order chi connectivity index (χ0) is 31.4. The Morgan fingerprint density at radius 2 is 1.83 bits per heavy atom. The van der Waals surface area contributed by atoms with Crippen molar-refractivity contribution in [3.63, 3.8) is 0 Å². The van der Waals surface area contributed by atoms with Gasteiger partial charge in [0.1, 0.15) is 25.0 Å². The standard InChI is InChI=1S/C26H39N5O9S2/c1-7-11-39-25(35)21-22(15(3)20-19(16(4)32)24(34)31(20)21)41-17-13-18(30(14-17)26(36)40-12-8-2)23(33)27-9-10-28-42(37,38)29(5)6/h7-8,15-20,28,32H,1-2,9-14H2,3-6H3,(H,27,33)/t15-,16-,17+,18+,19?,20?/m1/s1. The Labute approximate surface area is 250 Å². The molecule has 16 heteroatoms. The first-order chi connectivity index (χ1) is 19.8. The van der Waals surface area contributed by atoms with Crippen molar-refractivity contribution >= 4 is 45.8 Å². The fourth-order valence-electron chi connectivity index (χ4n) is 5.21. The molecule has 2 unspecified atom stereocenters. The van der Waals surface area contributed by atoms with E-state index in [0.29, 0.717) is 4.91 Å². The summed E-state index contributed by atoms with van der Waals surface area (Å²) < 4.78 is 37.6. The van der Waals surface area contributed by atoms with Crippen LogP contribution in [0.4, 0.5) is 4.79 Å². The molecule has 14 nitrogen and oxygen atoms in total. The van der Waals surface area contributed by atoms with E-state index in [4.69, 9.17) is 9.47 Å². The summed E-state index contributed by atoms with van der Waals surface area (Å²) in [5.74, 6) is -2.54. The summed E-state index contributed by atoms with van der Waals surface area (Å²) in [5, 5.41) is 12.5. The monoisotopic (exact) mass is 629 g/mol. The maximum atomic E-state index is 13.2. The van der Waals surface area contributed by atoms with E-state index in [1.165, 1.54) is 54.7 Å². The molecule has 3 rings (SSSR count). The summed E-state index contributed by atoms with van der Waals surface area (Å²) in [7, 11) is -0.924. The highest BCUT2D eigenvalue weighted by Crippen LogP contribution is 2.52. The fourth-order valence-corrected chi connectivity index (χ4v) is 7.35. The van der Waals surface area contributed by atoms with Crippen LogP contribution in [0.15, 0.2) is 35.9 Å². The van der Waals surface area contributed by atoms with Crippen molar-refractivity contribution in [2.75, 3.05) is 46.9 Å². The minimum absolute atomic E-state index is 0.0171. The number of hydrogen-bond acceptors (Lipinski definition) is 10. The van der Waals surface area contributed by atoms with Crippen LogP contribution in [0, 0.1) is 11.8 Å². The number of amides is 3. The summed E-state index contributed by atoms with van der Waals surface area (Å²) >= 11 is 1.29. The number of carbonyl (C=O) groups is 4. The Hall–Kier alpha value is -2.92. The molecule has 3 aliphatic heterocycles. The number of aliphatic hydroxyl groups excluding tert-OH is 1. The van der Waals surface area contributed by atoms with Gasteiger partial charge in [-0.15, -0.1) is 11.8 Å². The van der Waals surface area contributed by atoms with Gasteiger partial charge in [-0.2, -0.15) is 12.7 Å². The molecule has 3 heterocycles. The van der Waals surface area contributed by atoms with Crippen LogP contribution in [-0.2, 0) is 34.1 Å². The molecule has 3 aliphatic rings. The van der Waals surface area contributed by atoms with Gasteiger partial charge in [0.25, 0.3) is 10.2 Å². The molecule has 2 saturated heterocycles. The quantitative estimate of drug-likeness (QED) is 0.101. The Bertz CT molecular complexity index is 1240. The third-order valence-corrected chi connectivity index (χ3v) is 10.3.